The number of anilines is 1. The first kappa shape index (κ1) is 10.7. The molecular weight excluding hydrogens is 218 g/mol. The second kappa shape index (κ2) is 4.46. The first-order valence-corrected chi connectivity index (χ1v) is 6.13. The summed E-state index contributed by atoms with van der Waals surface area (Å²) in [6, 6.07) is 2.18. The molecule has 2 aliphatic rings. The lowest BCUT2D eigenvalue weighted by Crippen LogP contribution is -2.44. The largest absolute Gasteiger partial charge is 0.312 e. The third-order valence-corrected chi connectivity index (χ3v) is 3.40. The Hall–Kier alpha value is -1.40. The number of rotatable bonds is 3. The van der Waals surface area contributed by atoms with Crippen molar-refractivity contribution < 1.29 is 4.79 Å². The summed E-state index contributed by atoms with van der Waals surface area (Å²) in [4.78, 5) is 12.0. The predicted molar refractivity (Wildman–Crippen MR) is 63.8 cm³/mol. The van der Waals surface area contributed by atoms with Crippen LogP contribution in [0.25, 0.3) is 0 Å². The molecule has 1 aromatic rings. The van der Waals surface area contributed by atoms with Gasteiger partial charge in [-0.25, -0.2) is 4.68 Å². The number of aromatic nitrogens is 2. The van der Waals surface area contributed by atoms with Gasteiger partial charge in [0.1, 0.15) is 5.82 Å². The summed E-state index contributed by atoms with van der Waals surface area (Å²) in [6.45, 7) is 2.78. The van der Waals surface area contributed by atoms with Crippen LogP contribution in [0.2, 0.25) is 0 Å². The van der Waals surface area contributed by atoms with Crippen molar-refractivity contribution in [2.75, 3.05) is 25.0 Å². The van der Waals surface area contributed by atoms with Crippen molar-refractivity contribution in [3.8, 4) is 0 Å². The molecule has 2 fully saturated rings. The molecule has 0 aliphatic carbocycles. The highest BCUT2D eigenvalue weighted by Gasteiger charge is 2.25. The Morgan fingerprint density at radius 2 is 2.41 bits per heavy atom. The van der Waals surface area contributed by atoms with Gasteiger partial charge in [0.2, 0.25) is 5.91 Å². The Morgan fingerprint density at radius 1 is 1.53 bits per heavy atom. The van der Waals surface area contributed by atoms with Crippen LogP contribution in [0.1, 0.15) is 18.9 Å². The summed E-state index contributed by atoms with van der Waals surface area (Å²) in [5.74, 6) is 0.853. The third-order valence-electron chi connectivity index (χ3n) is 3.40. The van der Waals surface area contributed by atoms with Gasteiger partial charge < -0.3 is 16.0 Å². The molecule has 2 aliphatic heterocycles. The number of nitrogens with one attached hydrogen (secondary N) is 3. The van der Waals surface area contributed by atoms with E-state index in [2.05, 4.69) is 21.0 Å². The van der Waals surface area contributed by atoms with Crippen LogP contribution in [0.3, 0.4) is 0 Å². The van der Waals surface area contributed by atoms with Crippen LogP contribution in [0.4, 0.5) is 5.82 Å². The highest BCUT2D eigenvalue weighted by molar-refractivity contribution is 5.94. The van der Waals surface area contributed by atoms with Crippen molar-refractivity contribution in [2.45, 2.75) is 24.9 Å². The Morgan fingerprint density at radius 3 is 3.06 bits per heavy atom. The van der Waals surface area contributed by atoms with Crippen LogP contribution < -0.4 is 16.0 Å². The van der Waals surface area contributed by atoms with E-state index in [1.165, 1.54) is 0 Å². The predicted octanol–water partition coefficient (Wildman–Crippen LogP) is -0.282. The standard InChI is InChI=1S/C11H17N5O/c17-11(9-2-1-4-13-9)15-10-3-5-14-16(10)8-6-12-7-8/h3,5,8-9,12-13H,1-2,4,6-7H2,(H,15,17)/t9-/m1/s1. The van der Waals surface area contributed by atoms with E-state index in [-0.39, 0.29) is 11.9 Å². The van der Waals surface area contributed by atoms with E-state index < -0.39 is 0 Å². The van der Waals surface area contributed by atoms with Gasteiger partial charge in [-0.1, -0.05) is 0 Å². The molecule has 3 rings (SSSR count). The van der Waals surface area contributed by atoms with Gasteiger partial charge in [-0.05, 0) is 19.4 Å². The molecule has 0 radical (unpaired) electrons. The van der Waals surface area contributed by atoms with E-state index in [4.69, 9.17) is 0 Å². The van der Waals surface area contributed by atoms with E-state index in [0.29, 0.717) is 6.04 Å². The molecule has 1 aromatic heterocycles. The zero-order valence-corrected chi connectivity index (χ0v) is 9.65. The summed E-state index contributed by atoms with van der Waals surface area (Å²) >= 11 is 0. The minimum Gasteiger partial charge on any atom is -0.312 e. The van der Waals surface area contributed by atoms with E-state index in [0.717, 1.165) is 38.3 Å². The first-order chi connectivity index (χ1) is 8.34. The van der Waals surface area contributed by atoms with Gasteiger partial charge in [0, 0.05) is 19.2 Å². The number of nitrogens with zero attached hydrogens (tertiary/aromatic N) is 2. The lowest BCUT2D eigenvalue weighted by atomic mass is 10.2. The molecule has 3 N–H and O–H groups in total. The maximum absolute atomic E-state index is 12.0. The fraction of sp³-hybridized carbons (Fsp3) is 0.636. The van der Waals surface area contributed by atoms with Crippen LogP contribution in [0, 0.1) is 0 Å². The Labute approximate surface area is 99.8 Å². The molecule has 6 heteroatoms. The first-order valence-electron chi connectivity index (χ1n) is 6.13. The van der Waals surface area contributed by atoms with Crippen molar-refractivity contribution in [2.24, 2.45) is 0 Å². The molecule has 0 saturated carbocycles. The number of hydrogen-bond donors (Lipinski definition) is 3. The lowest BCUT2D eigenvalue weighted by Gasteiger charge is -2.28. The van der Waals surface area contributed by atoms with Gasteiger partial charge in [0.15, 0.2) is 0 Å². The maximum Gasteiger partial charge on any atom is 0.242 e. The Kier molecular flexibility index (Phi) is 2.82. The zero-order valence-electron chi connectivity index (χ0n) is 9.65. The van der Waals surface area contributed by atoms with Crippen molar-refractivity contribution in [3.05, 3.63) is 12.3 Å². The lowest BCUT2D eigenvalue weighted by molar-refractivity contribution is -0.117. The van der Waals surface area contributed by atoms with Gasteiger partial charge in [0.05, 0.1) is 18.3 Å². The smallest absolute Gasteiger partial charge is 0.242 e. The summed E-state index contributed by atoms with van der Waals surface area (Å²) in [5.41, 5.74) is 0. The molecule has 6 nitrogen and oxygen atoms in total. The van der Waals surface area contributed by atoms with Crippen molar-refractivity contribution in [1.82, 2.24) is 20.4 Å². The molecule has 0 spiro atoms. The molecule has 0 bridgehead atoms. The van der Waals surface area contributed by atoms with Crippen LogP contribution in [0.5, 0.6) is 0 Å². The maximum atomic E-state index is 12.0. The fourth-order valence-corrected chi connectivity index (χ4v) is 2.27. The topological polar surface area (TPSA) is 71.0 Å². The summed E-state index contributed by atoms with van der Waals surface area (Å²) < 4.78 is 1.89. The SMILES string of the molecule is O=C(Nc1ccnn1C1CNC1)[C@H]1CCCN1. The van der Waals surface area contributed by atoms with Crippen LogP contribution in [-0.2, 0) is 4.79 Å². The van der Waals surface area contributed by atoms with Crippen LogP contribution in [0.15, 0.2) is 12.3 Å². The van der Waals surface area contributed by atoms with E-state index >= 15 is 0 Å². The number of hydrogen-bond acceptors (Lipinski definition) is 4. The second-order valence-electron chi connectivity index (χ2n) is 4.61. The molecule has 1 atom stereocenters. The molecule has 17 heavy (non-hydrogen) atoms. The van der Waals surface area contributed by atoms with E-state index in [1.807, 2.05) is 10.7 Å². The highest BCUT2D eigenvalue weighted by Crippen LogP contribution is 2.18. The van der Waals surface area contributed by atoms with Crippen LogP contribution in [-0.4, -0.2) is 41.4 Å². The molecule has 3 heterocycles. The number of carbonyl (C=O) groups is 1. The van der Waals surface area contributed by atoms with Gasteiger partial charge in [-0.2, -0.15) is 5.10 Å². The number of amides is 1. The zero-order chi connectivity index (χ0) is 11.7. The highest BCUT2D eigenvalue weighted by atomic mass is 16.2. The van der Waals surface area contributed by atoms with E-state index in [1.54, 1.807) is 6.20 Å². The molecule has 92 valence electrons. The molecule has 0 unspecified atom stereocenters. The quantitative estimate of drug-likeness (QED) is 0.674. The van der Waals surface area contributed by atoms with Crippen molar-refractivity contribution in [3.63, 3.8) is 0 Å². The Balaban J connectivity index is 1.67. The average molecular weight is 235 g/mol. The molecular formula is C11H17N5O. The molecule has 0 aromatic carbocycles. The summed E-state index contributed by atoms with van der Waals surface area (Å²) in [7, 11) is 0. The third kappa shape index (κ3) is 2.05. The second-order valence-corrected chi connectivity index (χ2v) is 4.61. The van der Waals surface area contributed by atoms with Gasteiger partial charge in [-0.3, -0.25) is 4.79 Å². The van der Waals surface area contributed by atoms with Gasteiger partial charge in [0.25, 0.3) is 0 Å². The average Bonchev–Trinajstić information content (AvgIpc) is 2.86. The molecule has 2 saturated heterocycles. The number of carbonyl (C=O) groups excluding carboxylic acids is 1. The fourth-order valence-electron chi connectivity index (χ4n) is 2.27. The van der Waals surface area contributed by atoms with Gasteiger partial charge in [-0.15, -0.1) is 0 Å². The normalized spacial score (nSPS) is 24.6. The monoisotopic (exact) mass is 235 g/mol. The van der Waals surface area contributed by atoms with Crippen molar-refractivity contribution >= 4 is 11.7 Å². The van der Waals surface area contributed by atoms with E-state index in [9.17, 15) is 4.79 Å². The summed E-state index contributed by atoms with van der Waals surface area (Å²) in [6.07, 6.45) is 3.73. The van der Waals surface area contributed by atoms with Crippen molar-refractivity contribution in [1.29, 1.82) is 0 Å². The minimum absolute atomic E-state index is 0.0436. The summed E-state index contributed by atoms with van der Waals surface area (Å²) in [5, 5.41) is 13.6. The van der Waals surface area contributed by atoms with Gasteiger partial charge >= 0.3 is 0 Å². The Bertz CT molecular complexity index is 406. The minimum atomic E-state index is -0.0436. The van der Waals surface area contributed by atoms with Crippen LogP contribution >= 0.6 is 0 Å². The molecule has 1 amide bonds.